The van der Waals surface area contributed by atoms with E-state index < -0.39 is 23.5 Å². The molecule has 1 aromatic heterocycles. The zero-order valence-corrected chi connectivity index (χ0v) is 18.5. The fourth-order valence-electron chi connectivity index (χ4n) is 6.59. The third kappa shape index (κ3) is 2.48. The molecule has 0 saturated carbocycles. The first-order valence-corrected chi connectivity index (χ1v) is 11.1. The number of ether oxygens (including phenoxy) is 2. The third-order valence-electron chi connectivity index (χ3n) is 7.64. The van der Waals surface area contributed by atoms with Crippen LogP contribution in [0.2, 0.25) is 0 Å². The summed E-state index contributed by atoms with van der Waals surface area (Å²) in [6.07, 6.45) is 2.65. The van der Waals surface area contributed by atoms with Crippen molar-refractivity contribution in [1.82, 2.24) is 9.88 Å². The number of imide groups is 1. The maximum Gasteiger partial charge on any atom is 0.234 e. The molecule has 2 bridgehead atoms. The molecule has 0 unspecified atom stereocenters. The van der Waals surface area contributed by atoms with Crippen LogP contribution in [-0.2, 0) is 31.0 Å². The topological polar surface area (TPSA) is 68.7 Å². The highest BCUT2D eigenvalue weighted by Crippen LogP contribution is 2.65. The molecule has 1 fully saturated rings. The Balaban J connectivity index is 1.61. The second kappa shape index (κ2) is 7.33. The van der Waals surface area contributed by atoms with Crippen molar-refractivity contribution >= 4 is 11.8 Å². The van der Waals surface area contributed by atoms with Gasteiger partial charge in [-0.25, -0.2) is 0 Å². The van der Waals surface area contributed by atoms with Crippen LogP contribution in [0.15, 0.2) is 73.1 Å². The summed E-state index contributed by atoms with van der Waals surface area (Å²) in [4.78, 5) is 33.6. The maximum atomic E-state index is 14.1. The molecule has 0 spiro atoms. The quantitative estimate of drug-likeness (QED) is 0.450. The number of hydrogen-bond acceptors (Lipinski definition) is 5. The van der Waals surface area contributed by atoms with Gasteiger partial charge in [0.1, 0.15) is 0 Å². The van der Waals surface area contributed by atoms with Gasteiger partial charge in [0.15, 0.2) is 6.29 Å². The van der Waals surface area contributed by atoms with E-state index in [-0.39, 0.29) is 24.3 Å². The molecule has 2 atom stereocenters. The van der Waals surface area contributed by atoms with Crippen LogP contribution in [0.4, 0.5) is 0 Å². The number of benzene rings is 2. The SMILES string of the molecule is COC(OC)C12c3ccccc3C(c3ccccc31)[C@@H]1C(=O)N(Cc3cccnc3)C(=O)[C@@H]12. The predicted octanol–water partition coefficient (Wildman–Crippen LogP) is 3.25. The second-order valence-corrected chi connectivity index (χ2v) is 8.95. The highest BCUT2D eigenvalue weighted by atomic mass is 16.7. The lowest BCUT2D eigenvalue weighted by Crippen LogP contribution is -2.60. The van der Waals surface area contributed by atoms with E-state index in [9.17, 15) is 9.59 Å². The van der Waals surface area contributed by atoms with Crippen LogP contribution >= 0.6 is 0 Å². The van der Waals surface area contributed by atoms with Gasteiger partial charge in [-0.1, -0.05) is 54.6 Å². The van der Waals surface area contributed by atoms with Gasteiger partial charge in [0, 0.05) is 32.5 Å². The van der Waals surface area contributed by atoms with Crippen LogP contribution < -0.4 is 0 Å². The van der Waals surface area contributed by atoms with Crippen molar-refractivity contribution in [3.05, 3.63) is 101 Å². The highest BCUT2D eigenvalue weighted by Gasteiger charge is 2.70. The number of carbonyl (C=O) groups excluding carboxylic acids is 2. The molecule has 1 saturated heterocycles. The van der Waals surface area contributed by atoms with Crippen LogP contribution in [-0.4, -0.2) is 42.2 Å². The summed E-state index contributed by atoms with van der Waals surface area (Å²) in [5.41, 5.74) is 4.05. The number of amides is 2. The van der Waals surface area contributed by atoms with E-state index in [4.69, 9.17) is 9.47 Å². The predicted molar refractivity (Wildman–Crippen MR) is 120 cm³/mol. The Morgan fingerprint density at radius 3 is 2.12 bits per heavy atom. The zero-order valence-electron chi connectivity index (χ0n) is 18.5. The minimum absolute atomic E-state index is 0.141. The number of pyridine rings is 1. The minimum atomic E-state index is -0.924. The molecule has 2 aromatic carbocycles. The smallest absolute Gasteiger partial charge is 0.234 e. The molecule has 3 aliphatic carbocycles. The molecule has 166 valence electrons. The number of carbonyl (C=O) groups is 2. The Hall–Kier alpha value is -3.35. The summed E-state index contributed by atoms with van der Waals surface area (Å²) in [5, 5.41) is 0. The van der Waals surface area contributed by atoms with Crippen LogP contribution in [0.5, 0.6) is 0 Å². The molecular formula is C27H24N2O4. The summed E-state index contributed by atoms with van der Waals surface area (Å²) in [7, 11) is 3.19. The monoisotopic (exact) mass is 440 g/mol. The molecule has 0 radical (unpaired) electrons. The standard InChI is InChI=1S/C27H24N2O4/c1-32-26(33-2)27-19-11-5-3-9-17(19)21(18-10-4-6-12-20(18)27)22-23(27)25(31)29(24(22)30)15-16-8-7-13-28-14-16/h3-14,21-23,26H,15H2,1-2H3/t21?,22-,23+,27?/m0/s1. The molecule has 3 aromatic rings. The van der Waals surface area contributed by atoms with Gasteiger partial charge in [0.05, 0.1) is 23.8 Å². The molecule has 0 N–H and O–H groups in total. The first-order valence-electron chi connectivity index (χ1n) is 11.1. The largest absolute Gasteiger partial charge is 0.355 e. The van der Waals surface area contributed by atoms with E-state index in [1.165, 1.54) is 4.90 Å². The van der Waals surface area contributed by atoms with E-state index >= 15 is 0 Å². The summed E-state index contributed by atoms with van der Waals surface area (Å²) < 4.78 is 11.8. The Bertz CT molecular complexity index is 1210. The lowest BCUT2D eigenvalue weighted by atomic mass is 9.47. The molecule has 6 heteroatoms. The number of likely N-dealkylation sites (tertiary alicyclic amines) is 1. The van der Waals surface area contributed by atoms with Crippen LogP contribution in [0.25, 0.3) is 0 Å². The van der Waals surface area contributed by atoms with Gasteiger partial charge in [0.2, 0.25) is 11.8 Å². The van der Waals surface area contributed by atoms with Gasteiger partial charge in [-0.2, -0.15) is 0 Å². The fourth-order valence-corrected chi connectivity index (χ4v) is 6.59. The highest BCUT2D eigenvalue weighted by molar-refractivity contribution is 6.08. The second-order valence-electron chi connectivity index (χ2n) is 8.95. The lowest BCUT2D eigenvalue weighted by Gasteiger charge is -2.56. The van der Waals surface area contributed by atoms with Crippen molar-refractivity contribution in [2.45, 2.75) is 24.2 Å². The van der Waals surface area contributed by atoms with Crippen LogP contribution in [0.1, 0.15) is 33.7 Å². The first kappa shape index (κ1) is 20.3. The number of hydrogen-bond donors (Lipinski definition) is 0. The minimum Gasteiger partial charge on any atom is -0.355 e. The van der Waals surface area contributed by atoms with E-state index in [0.717, 1.165) is 27.8 Å². The van der Waals surface area contributed by atoms with Crippen molar-refractivity contribution in [2.75, 3.05) is 14.2 Å². The Labute approximate surface area is 192 Å². The van der Waals surface area contributed by atoms with E-state index in [0.29, 0.717) is 0 Å². The lowest BCUT2D eigenvalue weighted by molar-refractivity contribution is -0.169. The van der Waals surface area contributed by atoms with Gasteiger partial charge in [-0.15, -0.1) is 0 Å². The molecule has 1 aliphatic heterocycles. The van der Waals surface area contributed by atoms with Crippen molar-refractivity contribution in [3.63, 3.8) is 0 Å². The Morgan fingerprint density at radius 1 is 0.909 bits per heavy atom. The molecule has 2 amide bonds. The van der Waals surface area contributed by atoms with E-state index in [1.54, 1.807) is 26.6 Å². The van der Waals surface area contributed by atoms with Gasteiger partial charge in [0.25, 0.3) is 0 Å². The number of methoxy groups -OCH3 is 2. The maximum absolute atomic E-state index is 14.1. The van der Waals surface area contributed by atoms with Gasteiger partial charge >= 0.3 is 0 Å². The van der Waals surface area contributed by atoms with Crippen molar-refractivity contribution in [2.24, 2.45) is 11.8 Å². The van der Waals surface area contributed by atoms with E-state index in [1.807, 2.05) is 36.4 Å². The Kier molecular flexibility index (Phi) is 4.50. The first-order chi connectivity index (χ1) is 16.1. The summed E-state index contributed by atoms with van der Waals surface area (Å²) in [6.45, 7) is 0.207. The number of nitrogens with zero attached hydrogens (tertiary/aromatic N) is 2. The molecule has 33 heavy (non-hydrogen) atoms. The van der Waals surface area contributed by atoms with Gasteiger partial charge < -0.3 is 9.47 Å². The fraction of sp³-hybridized carbons (Fsp3) is 0.296. The van der Waals surface area contributed by atoms with Crippen molar-refractivity contribution in [1.29, 1.82) is 0 Å². The molecule has 4 aliphatic rings. The average Bonchev–Trinajstić information content (AvgIpc) is 3.11. The molecule has 7 rings (SSSR count). The molecule has 6 nitrogen and oxygen atoms in total. The summed E-state index contributed by atoms with van der Waals surface area (Å²) >= 11 is 0. The van der Waals surface area contributed by atoms with Crippen LogP contribution in [0.3, 0.4) is 0 Å². The normalized spacial score (nSPS) is 27.0. The van der Waals surface area contributed by atoms with Crippen molar-refractivity contribution < 1.29 is 19.1 Å². The molecular weight excluding hydrogens is 416 g/mol. The summed E-state index contributed by atoms with van der Waals surface area (Å²) in [6, 6.07) is 19.9. The zero-order chi connectivity index (χ0) is 22.7. The summed E-state index contributed by atoms with van der Waals surface area (Å²) in [5.74, 6) is -1.62. The van der Waals surface area contributed by atoms with E-state index in [2.05, 4.69) is 29.2 Å². The molecule has 2 heterocycles. The third-order valence-corrected chi connectivity index (χ3v) is 7.64. The average molecular weight is 440 g/mol. The number of aromatic nitrogens is 1. The Morgan fingerprint density at radius 2 is 1.55 bits per heavy atom. The number of rotatable bonds is 5. The van der Waals surface area contributed by atoms with Crippen LogP contribution in [0, 0.1) is 11.8 Å². The van der Waals surface area contributed by atoms with Gasteiger partial charge in [-0.3, -0.25) is 19.5 Å². The van der Waals surface area contributed by atoms with Crippen molar-refractivity contribution in [3.8, 4) is 0 Å². The van der Waals surface area contributed by atoms with Gasteiger partial charge in [-0.05, 0) is 33.9 Å².